The number of benzene rings is 1. The van der Waals surface area contributed by atoms with Crippen LogP contribution in [0.25, 0.3) is 6.08 Å². The lowest BCUT2D eigenvalue weighted by atomic mass is 10.2. The Labute approximate surface area is 99.4 Å². The zero-order chi connectivity index (χ0) is 12.1. The molecule has 1 heterocycles. The summed E-state index contributed by atoms with van der Waals surface area (Å²) in [5, 5.41) is 1.63. The molecule has 1 aliphatic rings. The minimum Gasteiger partial charge on any atom is -0.364 e. The van der Waals surface area contributed by atoms with Crippen LogP contribution in [-0.2, 0) is 9.63 Å². The van der Waals surface area contributed by atoms with Gasteiger partial charge in [0.15, 0.2) is 0 Å². The van der Waals surface area contributed by atoms with Gasteiger partial charge in [0, 0.05) is 24.7 Å². The lowest BCUT2D eigenvalue weighted by Crippen LogP contribution is -2.22. The van der Waals surface area contributed by atoms with Crippen molar-refractivity contribution in [1.82, 2.24) is 5.06 Å². The molecule has 1 fully saturated rings. The van der Waals surface area contributed by atoms with E-state index in [-0.39, 0.29) is 5.82 Å². The van der Waals surface area contributed by atoms with Crippen LogP contribution in [0.2, 0.25) is 0 Å². The van der Waals surface area contributed by atoms with Gasteiger partial charge < -0.3 is 4.84 Å². The van der Waals surface area contributed by atoms with E-state index in [2.05, 4.69) is 0 Å². The molecule has 0 amide bonds. The Kier molecular flexibility index (Phi) is 3.88. The zero-order valence-corrected chi connectivity index (χ0v) is 9.43. The zero-order valence-electron chi connectivity index (χ0n) is 9.43. The number of hydroxylamine groups is 2. The van der Waals surface area contributed by atoms with Crippen LogP contribution in [-0.4, -0.2) is 24.1 Å². The summed E-state index contributed by atoms with van der Waals surface area (Å²) < 4.78 is 13.2. The van der Waals surface area contributed by atoms with Crippen molar-refractivity contribution >= 4 is 12.0 Å². The second kappa shape index (κ2) is 5.59. The van der Waals surface area contributed by atoms with Crippen molar-refractivity contribution < 1.29 is 14.0 Å². The number of carbonyl (C=O) groups is 1. The molecular weight excluding hydrogens is 221 g/mol. The number of rotatable bonds is 3. The molecule has 2 rings (SSSR count). The highest BCUT2D eigenvalue weighted by molar-refractivity contribution is 5.86. The van der Waals surface area contributed by atoms with Crippen molar-refractivity contribution in [3.8, 4) is 0 Å². The second-order valence-corrected chi connectivity index (χ2v) is 3.90. The molecule has 0 bridgehead atoms. The number of halogens is 1. The fraction of sp³-hybridized carbons (Fsp3) is 0.308. The highest BCUT2D eigenvalue weighted by atomic mass is 19.1. The van der Waals surface area contributed by atoms with Crippen LogP contribution in [0, 0.1) is 5.82 Å². The lowest BCUT2D eigenvalue weighted by molar-refractivity contribution is -0.178. The van der Waals surface area contributed by atoms with Gasteiger partial charge in [-0.2, -0.15) is 0 Å². The van der Waals surface area contributed by atoms with Crippen molar-refractivity contribution in [1.29, 1.82) is 0 Å². The predicted molar refractivity (Wildman–Crippen MR) is 62.3 cm³/mol. The molecule has 0 radical (unpaired) electrons. The second-order valence-electron chi connectivity index (χ2n) is 3.90. The average Bonchev–Trinajstić information content (AvgIpc) is 2.81. The van der Waals surface area contributed by atoms with E-state index in [0.29, 0.717) is 5.56 Å². The van der Waals surface area contributed by atoms with Gasteiger partial charge in [-0.3, -0.25) is 0 Å². The van der Waals surface area contributed by atoms with Crippen LogP contribution in [0.3, 0.4) is 0 Å². The summed E-state index contributed by atoms with van der Waals surface area (Å²) >= 11 is 0. The van der Waals surface area contributed by atoms with Crippen LogP contribution >= 0.6 is 0 Å². The van der Waals surface area contributed by atoms with Crippen LogP contribution in [0.15, 0.2) is 30.3 Å². The highest BCUT2D eigenvalue weighted by Gasteiger charge is 2.14. The molecule has 0 spiro atoms. The fourth-order valence-electron chi connectivity index (χ4n) is 1.71. The number of hydrogen-bond acceptors (Lipinski definition) is 3. The van der Waals surface area contributed by atoms with Gasteiger partial charge in [0.2, 0.25) is 0 Å². The van der Waals surface area contributed by atoms with Gasteiger partial charge in [-0.25, -0.2) is 9.18 Å². The molecule has 0 aromatic heterocycles. The monoisotopic (exact) mass is 235 g/mol. The smallest absolute Gasteiger partial charge is 0.349 e. The minimum absolute atomic E-state index is 0.349. The van der Waals surface area contributed by atoms with E-state index in [0.717, 1.165) is 25.9 Å². The number of nitrogens with zero attached hydrogens (tertiary/aromatic N) is 1. The van der Waals surface area contributed by atoms with E-state index in [4.69, 9.17) is 4.84 Å². The molecule has 0 atom stereocenters. The number of hydrogen-bond donors (Lipinski definition) is 0. The summed E-state index contributed by atoms with van der Waals surface area (Å²) in [5.41, 5.74) is 0.380. The molecule has 0 aliphatic carbocycles. The first-order chi connectivity index (χ1) is 8.25. The molecule has 1 aliphatic heterocycles. The maximum absolute atomic E-state index is 13.2. The summed E-state index contributed by atoms with van der Waals surface area (Å²) in [6, 6.07) is 6.28. The van der Waals surface area contributed by atoms with Gasteiger partial charge in [0.1, 0.15) is 5.82 Å². The van der Waals surface area contributed by atoms with E-state index >= 15 is 0 Å². The third-order valence-corrected chi connectivity index (χ3v) is 2.59. The van der Waals surface area contributed by atoms with Crippen LogP contribution in [0.5, 0.6) is 0 Å². The maximum atomic E-state index is 13.2. The molecule has 1 aromatic carbocycles. The van der Waals surface area contributed by atoms with Crippen LogP contribution < -0.4 is 0 Å². The van der Waals surface area contributed by atoms with Gasteiger partial charge in [0.25, 0.3) is 0 Å². The molecule has 0 unspecified atom stereocenters. The van der Waals surface area contributed by atoms with E-state index in [1.807, 2.05) is 0 Å². The van der Waals surface area contributed by atoms with E-state index < -0.39 is 5.97 Å². The standard InChI is InChI=1S/C13H14FNO2/c14-12-6-2-1-5-11(12)7-8-13(16)17-15-9-3-4-10-15/h1-2,5-8H,3-4,9-10H2. The minimum atomic E-state index is -0.463. The SMILES string of the molecule is O=C(C=Cc1ccccc1F)ON1CCCC1. The highest BCUT2D eigenvalue weighted by Crippen LogP contribution is 2.10. The molecule has 1 aromatic rings. The van der Waals surface area contributed by atoms with E-state index in [1.54, 1.807) is 23.3 Å². The summed E-state index contributed by atoms with van der Waals surface area (Å²) in [7, 11) is 0. The van der Waals surface area contributed by atoms with Gasteiger partial charge in [-0.1, -0.05) is 18.2 Å². The topological polar surface area (TPSA) is 29.5 Å². The Balaban J connectivity index is 1.91. The molecule has 3 nitrogen and oxygen atoms in total. The van der Waals surface area contributed by atoms with Crippen LogP contribution in [0.4, 0.5) is 4.39 Å². The summed E-state index contributed by atoms with van der Waals surface area (Å²) in [6.07, 6.45) is 4.76. The van der Waals surface area contributed by atoms with Crippen molar-refractivity contribution in [3.63, 3.8) is 0 Å². The summed E-state index contributed by atoms with van der Waals surface area (Å²) in [5.74, 6) is -0.812. The Morgan fingerprint density at radius 2 is 2.00 bits per heavy atom. The lowest BCUT2D eigenvalue weighted by Gasteiger charge is -2.12. The molecule has 1 saturated heterocycles. The first kappa shape index (κ1) is 11.8. The van der Waals surface area contributed by atoms with Gasteiger partial charge in [-0.05, 0) is 25.0 Å². The summed E-state index contributed by atoms with van der Waals surface area (Å²) in [6.45, 7) is 1.55. The Morgan fingerprint density at radius 1 is 1.29 bits per heavy atom. The Morgan fingerprint density at radius 3 is 2.71 bits per heavy atom. The fourth-order valence-corrected chi connectivity index (χ4v) is 1.71. The van der Waals surface area contributed by atoms with E-state index in [9.17, 15) is 9.18 Å². The first-order valence-corrected chi connectivity index (χ1v) is 5.65. The molecule has 17 heavy (non-hydrogen) atoms. The van der Waals surface area contributed by atoms with Crippen molar-refractivity contribution in [2.45, 2.75) is 12.8 Å². The Hall–Kier alpha value is -1.68. The molecule has 0 N–H and O–H groups in total. The maximum Gasteiger partial charge on any atom is 0.349 e. The van der Waals surface area contributed by atoms with Gasteiger partial charge in [0.05, 0.1) is 0 Å². The van der Waals surface area contributed by atoms with Gasteiger partial charge >= 0.3 is 5.97 Å². The third-order valence-electron chi connectivity index (χ3n) is 2.59. The van der Waals surface area contributed by atoms with Crippen molar-refractivity contribution in [3.05, 3.63) is 41.7 Å². The predicted octanol–water partition coefficient (Wildman–Crippen LogP) is 2.39. The van der Waals surface area contributed by atoms with Gasteiger partial charge in [-0.15, -0.1) is 5.06 Å². The average molecular weight is 235 g/mol. The molecule has 90 valence electrons. The quantitative estimate of drug-likeness (QED) is 0.753. The largest absolute Gasteiger partial charge is 0.364 e. The normalized spacial score (nSPS) is 16.5. The van der Waals surface area contributed by atoms with Crippen LogP contribution in [0.1, 0.15) is 18.4 Å². The molecule has 0 saturated carbocycles. The molecular formula is C13H14FNO2. The first-order valence-electron chi connectivity index (χ1n) is 5.65. The third kappa shape index (κ3) is 3.39. The van der Waals surface area contributed by atoms with Crippen molar-refractivity contribution in [2.75, 3.05) is 13.1 Å². The number of carbonyl (C=O) groups excluding carboxylic acids is 1. The Bertz CT molecular complexity index is 425. The summed E-state index contributed by atoms with van der Waals surface area (Å²) in [4.78, 5) is 16.5. The van der Waals surface area contributed by atoms with E-state index in [1.165, 1.54) is 18.2 Å². The molecule has 4 heteroatoms. The van der Waals surface area contributed by atoms with Crippen molar-refractivity contribution in [2.24, 2.45) is 0 Å².